The van der Waals surface area contributed by atoms with E-state index in [1.165, 1.54) is 18.2 Å². The zero-order valence-electron chi connectivity index (χ0n) is 13.0. The Morgan fingerprint density at radius 1 is 1.04 bits per heavy atom. The summed E-state index contributed by atoms with van der Waals surface area (Å²) in [4.78, 5) is 24.3. The number of benzene rings is 2. The first-order valence-corrected chi connectivity index (χ1v) is 7.64. The molecule has 3 rings (SSSR count). The standard InChI is InChI=1S/C19H18O4/c1-22-18-8-3-2-7-16(18)17(20)12-23-19(21)15-10-9-13-5-4-6-14(13)11-15/h2-3,7-11H,4-6,12H2,1H3. The molecular formula is C19H18O4. The Morgan fingerprint density at radius 2 is 1.83 bits per heavy atom. The zero-order valence-corrected chi connectivity index (χ0v) is 13.0. The largest absolute Gasteiger partial charge is 0.496 e. The van der Waals surface area contributed by atoms with Crippen molar-refractivity contribution >= 4 is 11.8 Å². The lowest BCUT2D eigenvalue weighted by Crippen LogP contribution is -2.15. The fourth-order valence-electron chi connectivity index (χ4n) is 2.87. The number of carbonyl (C=O) groups excluding carboxylic acids is 2. The van der Waals surface area contributed by atoms with Crippen LogP contribution in [0.1, 0.15) is 38.3 Å². The van der Waals surface area contributed by atoms with Crippen LogP contribution in [0.2, 0.25) is 0 Å². The van der Waals surface area contributed by atoms with E-state index in [4.69, 9.17) is 9.47 Å². The molecule has 23 heavy (non-hydrogen) atoms. The zero-order chi connectivity index (χ0) is 16.2. The minimum atomic E-state index is -0.469. The molecule has 0 radical (unpaired) electrons. The van der Waals surface area contributed by atoms with Crippen LogP contribution >= 0.6 is 0 Å². The molecule has 1 aliphatic carbocycles. The first-order chi connectivity index (χ1) is 11.2. The summed E-state index contributed by atoms with van der Waals surface area (Å²) in [6.45, 7) is -0.295. The van der Waals surface area contributed by atoms with E-state index in [-0.39, 0.29) is 12.4 Å². The van der Waals surface area contributed by atoms with E-state index in [0.717, 1.165) is 19.3 Å². The third-order valence-electron chi connectivity index (χ3n) is 4.08. The van der Waals surface area contributed by atoms with Crippen molar-refractivity contribution in [3.05, 3.63) is 64.7 Å². The van der Waals surface area contributed by atoms with Gasteiger partial charge in [-0.05, 0) is 54.7 Å². The molecule has 0 aromatic heterocycles. The Bertz CT molecular complexity index is 749. The van der Waals surface area contributed by atoms with Crippen molar-refractivity contribution in [1.29, 1.82) is 0 Å². The summed E-state index contributed by atoms with van der Waals surface area (Å²) < 4.78 is 10.3. The molecular weight excluding hydrogens is 292 g/mol. The Balaban J connectivity index is 1.66. The van der Waals surface area contributed by atoms with Crippen LogP contribution in [0.5, 0.6) is 5.75 Å². The molecule has 1 aliphatic rings. The molecule has 0 atom stereocenters. The van der Waals surface area contributed by atoms with Gasteiger partial charge >= 0.3 is 5.97 Å². The maximum absolute atomic E-state index is 12.2. The van der Waals surface area contributed by atoms with Gasteiger partial charge in [0.25, 0.3) is 0 Å². The molecule has 2 aromatic rings. The number of ketones is 1. The van der Waals surface area contributed by atoms with Crippen molar-refractivity contribution in [2.24, 2.45) is 0 Å². The molecule has 0 fully saturated rings. The average Bonchev–Trinajstić information content (AvgIpc) is 3.06. The number of esters is 1. The first-order valence-electron chi connectivity index (χ1n) is 7.64. The van der Waals surface area contributed by atoms with Crippen LogP contribution in [-0.2, 0) is 17.6 Å². The molecule has 0 saturated carbocycles. The number of carbonyl (C=O) groups is 2. The minimum absolute atomic E-state index is 0.281. The van der Waals surface area contributed by atoms with E-state index in [0.29, 0.717) is 16.9 Å². The predicted molar refractivity (Wildman–Crippen MR) is 86.1 cm³/mol. The number of ether oxygens (including phenoxy) is 2. The molecule has 0 saturated heterocycles. The smallest absolute Gasteiger partial charge is 0.338 e. The Kier molecular flexibility index (Phi) is 4.42. The summed E-state index contributed by atoms with van der Waals surface area (Å²) in [5, 5.41) is 0. The van der Waals surface area contributed by atoms with Gasteiger partial charge in [-0.15, -0.1) is 0 Å². The molecule has 2 aromatic carbocycles. The van der Waals surface area contributed by atoms with E-state index < -0.39 is 5.97 Å². The highest BCUT2D eigenvalue weighted by Crippen LogP contribution is 2.23. The third-order valence-corrected chi connectivity index (χ3v) is 4.08. The van der Waals surface area contributed by atoms with Crippen LogP contribution < -0.4 is 4.74 Å². The topological polar surface area (TPSA) is 52.6 Å². The van der Waals surface area contributed by atoms with Gasteiger partial charge in [-0.1, -0.05) is 18.2 Å². The summed E-state index contributed by atoms with van der Waals surface area (Å²) >= 11 is 0. The lowest BCUT2D eigenvalue weighted by molar-refractivity contribution is 0.0474. The first kappa shape index (κ1) is 15.3. The molecule has 0 heterocycles. The number of aryl methyl sites for hydroxylation is 2. The Hall–Kier alpha value is -2.62. The molecule has 4 heteroatoms. The van der Waals surface area contributed by atoms with Crippen molar-refractivity contribution < 1.29 is 19.1 Å². The van der Waals surface area contributed by atoms with Gasteiger partial charge in [0.2, 0.25) is 5.78 Å². The quantitative estimate of drug-likeness (QED) is 0.628. The van der Waals surface area contributed by atoms with Crippen molar-refractivity contribution in [3.8, 4) is 5.75 Å². The second kappa shape index (κ2) is 6.65. The molecule has 118 valence electrons. The highest BCUT2D eigenvalue weighted by atomic mass is 16.5. The Morgan fingerprint density at radius 3 is 2.65 bits per heavy atom. The van der Waals surface area contributed by atoms with Crippen molar-refractivity contribution in [2.45, 2.75) is 19.3 Å². The van der Waals surface area contributed by atoms with E-state index in [1.54, 1.807) is 30.3 Å². The monoisotopic (exact) mass is 310 g/mol. The number of Topliss-reactive ketones (excluding diaryl/α,β-unsaturated/α-hetero) is 1. The number of hydrogen-bond acceptors (Lipinski definition) is 4. The highest BCUT2D eigenvalue weighted by molar-refractivity contribution is 6.01. The van der Waals surface area contributed by atoms with Crippen LogP contribution in [-0.4, -0.2) is 25.5 Å². The van der Waals surface area contributed by atoms with Crippen LogP contribution in [0, 0.1) is 0 Å². The number of hydrogen-bond donors (Lipinski definition) is 0. The van der Waals surface area contributed by atoms with Gasteiger partial charge in [-0.25, -0.2) is 4.79 Å². The predicted octanol–water partition coefficient (Wildman–Crippen LogP) is 3.22. The van der Waals surface area contributed by atoms with E-state index in [9.17, 15) is 9.59 Å². The highest BCUT2D eigenvalue weighted by Gasteiger charge is 2.17. The summed E-state index contributed by atoms with van der Waals surface area (Å²) in [5.74, 6) is -0.272. The number of para-hydroxylation sites is 1. The number of rotatable bonds is 5. The molecule has 0 spiro atoms. The fourth-order valence-corrected chi connectivity index (χ4v) is 2.87. The SMILES string of the molecule is COc1ccccc1C(=O)COC(=O)c1ccc2c(c1)CCC2. The molecule has 0 N–H and O–H groups in total. The lowest BCUT2D eigenvalue weighted by Gasteiger charge is -2.08. The third kappa shape index (κ3) is 3.26. The summed E-state index contributed by atoms with van der Waals surface area (Å²) in [6, 6.07) is 12.5. The normalized spacial score (nSPS) is 12.6. The fraction of sp³-hybridized carbons (Fsp3) is 0.263. The van der Waals surface area contributed by atoms with Gasteiger partial charge in [0, 0.05) is 0 Å². The minimum Gasteiger partial charge on any atom is -0.496 e. The summed E-state index contributed by atoms with van der Waals surface area (Å²) in [6.07, 6.45) is 3.19. The molecule has 0 amide bonds. The van der Waals surface area contributed by atoms with E-state index in [1.807, 2.05) is 12.1 Å². The van der Waals surface area contributed by atoms with Gasteiger partial charge in [0.05, 0.1) is 18.2 Å². The van der Waals surface area contributed by atoms with Crippen LogP contribution in [0.25, 0.3) is 0 Å². The van der Waals surface area contributed by atoms with Crippen molar-refractivity contribution in [1.82, 2.24) is 0 Å². The number of fused-ring (bicyclic) bond motifs is 1. The van der Waals surface area contributed by atoms with E-state index >= 15 is 0 Å². The second-order valence-corrected chi connectivity index (χ2v) is 5.54. The van der Waals surface area contributed by atoms with Gasteiger partial charge in [0.1, 0.15) is 5.75 Å². The van der Waals surface area contributed by atoms with Crippen LogP contribution in [0.15, 0.2) is 42.5 Å². The van der Waals surface area contributed by atoms with Gasteiger partial charge in [-0.2, -0.15) is 0 Å². The Labute approximate surface area is 135 Å². The molecule has 0 aliphatic heterocycles. The van der Waals surface area contributed by atoms with Gasteiger partial charge < -0.3 is 9.47 Å². The van der Waals surface area contributed by atoms with Gasteiger partial charge in [0.15, 0.2) is 6.61 Å². The maximum atomic E-state index is 12.2. The van der Waals surface area contributed by atoms with Crippen LogP contribution in [0.4, 0.5) is 0 Å². The second-order valence-electron chi connectivity index (χ2n) is 5.54. The van der Waals surface area contributed by atoms with Crippen molar-refractivity contribution in [3.63, 3.8) is 0 Å². The summed E-state index contributed by atoms with van der Waals surface area (Å²) in [7, 11) is 1.50. The van der Waals surface area contributed by atoms with E-state index in [2.05, 4.69) is 0 Å². The van der Waals surface area contributed by atoms with Gasteiger partial charge in [-0.3, -0.25) is 4.79 Å². The van der Waals surface area contributed by atoms with Crippen molar-refractivity contribution in [2.75, 3.05) is 13.7 Å². The molecule has 0 bridgehead atoms. The lowest BCUT2D eigenvalue weighted by atomic mass is 10.1. The maximum Gasteiger partial charge on any atom is 0.338 e. The molecule has 0 unspecified atom stereocenters. The summed E-state index contributed by atoms with van der Waals surface area (Å²) in [5.41, 5.74) is 3.41. The number of methoxy groups -OCH3 is 1. The van der Waals surface area contributed by atoms with Crippen LogP contribution in [0.3, 0.4) is 0 Å². The molecule has 4 nitrogen and oxygen atoms in total. The average molecular weight is 310 g/mol.